The Balaban J connectivity index is 1.74. The van der Waals surface area contributed by atoms with E-state index in [9.17, 15) is 9.59 Å². The minimum Gasteiger partial charge on any atom is -0.492 e. The molecule has 0 bridgehead atoms. The molecule has 11 heteroatoms. The Bertz CT molecular complexity index is 1290. The second-order valence-electron chi connectivity index (χ2n) is 7.34. The van der Waals surface area contributed by atoms with Gasteiger partial charge in [0.25, 0.3) is 5.91 Å². The number of methoxy groups -OCH3 is 1. The van der Waals surface area contributed by atoms with E-state index in [1.807, 2.05) is 19.3 Å². The molecule has 0 aromatic carbocycles. The Morgan fingerprint density at radius 3 is 2.75 bits per heavy atom. The van der Waals surface area contributed by atoms with E-state index in [1.165, 1.54) is 13.2 Å². The second-order valence-corrected chi connectivity index (χ2v) is 7.34. The lowest BCUT2D eigenvalue weighted by molar-refractivity contribution is -0.117. The molecule has 32 heavy (non-hydrogen) atoms. The van der Waals surface area contributed by atoms with Gasteiger partial charge in [0.1, 0.15) is 0 Å². The molecule has 0 saturated heterocycles. The van der Waals surface area contributed by atoms with Crippen LogP contribution < -0.4 is 20.7 Å². The number of rotatable bonds is 7. The lowest BCUT2D eigenvalue weighted by atomic mass is 10.1. The van der Waals surface area contributed by atoms with E-state index in [2.05, 4.69) is 30.9 Å². The van der Waals surface area contributed by atoms with Crippen molar-refractivity contribution in [3.8, 4) is 16.9 Å². The molecule has 11 nitrogen and oxygen atoms in total. The summed E-state index contributed by atoms with van der Waals surface area (Å²) in [6.45, 7) is -0.823. The van der Waals surface area contributed by atoms with Crippen LogP contribution in [0.5, 0.6) is 5.75 Å². The molecule has 4 rings (SSSR count). The molecule has 3 aromatic heterocycles. The molecule has 0 atom stereocenters. The molecule has 0 aliphatic heterocycles. The molecule has 1 saturated carbocycles. The summed E-state index contributed by atoms with van der Waals surface area (Å²) in [6.07, 6.45) is 4.85. The van der Waals surface area contributed by atoms with Gasteiger partial charge in [-0.1, -0.05) is 0 Å². The van der Waals surface area contributed by atoms with Crippen molar-refractivity contribution in [3.63, 3.8) is 0 Å². The summed E-state index contributed by atoms with van der Waals surface area (Å²) in [7, 11) is 3.30. The summed E-state index contributed by atoms with van der Waals surface area (Å²) in [6, 6.07) is 3.16. The first kappa shape index (κ1) is 17.6. The molecule has 1 aliphatic carbocycles. The van der Waals surface area contributed by atoms with Crippen molar-refractivity contribution in [2.45, 2.75) is 19.8 Å². The Morgan fingerprint density at radius 2 is 2.09 bits per heavy atom. The highest BCUT2D eigenvalue weighted by Gasteiger charge is 2.30. The van der Waals surface area contributed by atoms with Crippen LogP contribution in [0, 0.1) is 12.8 Å². The molecule has 0 radical (unpaired) electrons. The quantitative estimate of drug-likeness (QED) is 0.509. The maximum atomic E-state index is 12.6. The van der Waals surface area contributed by atoms with Gasteiger partial charge in [-0.3, -0.25) is 14.3 Å². The number of hydrogen-bond acceptors (Lipinski definition) is 8. The Labute approximate surface area is 188 Å². The summed E-state index contributed by atoms with van der Waals surface area (Å²) < 4.78 is 29.4. The number of carbonyl (C=O) groups is 2. The van der Waals surface area contributed by atoms with Crippen LogP contribution in [0.4, 0.5) is 17.3 Å². The van der Waals surface area contributed by atoms with Crippen molar-refractivity contribution >= 4 is 29.1 Å². The van der Waals surface area contributed by atoms with Crippen LogP contribution in [0.3, 0.4) is 0 Å². The van der Waals surface area contributed by atoms with Gasteiger partial charge < -0.3 is 20.7 Å². The second kappa shape index (κ2) is 8.61. The van der Waals surface area contributed by atoms with E-state index >= 15 is 0 Å². The number of nitrogens with zero attached hydrogens (tertiary/aromatic N) is 5. The third-order valence-corrected chi connectivity index (χ3v) is 5.21. The fourth-order valence-corrected chi connectivity index (χ4v) is 3.20. The number of amides is 2. The van der Waals surface area contributed by atoms with Crippen LogP contribution in [0.1, 0.15) is 33.1 Å². The molecule has 3 heterocycles. The molecule has 2 amide bonds. The molecule has 1 aliphatic rings. The SMILES string of the molecule is [2H]C([2H])([2H])NC(=O)c1nnc(NC(=O)C2CC2)cc1Nc1nccc(-c2cnn(C)c2C)c1OC. The van der Waals surface area contributed by atoms with Crippen molar-refractivity contribution in [1.29, 1.82) is 0 Å². The lowest BCUT2D eigenvalue weighted by Gasteiger charge is -2.16. The summed E-state index contributed by atoms with van der Waals surface area (Å²) >= 11 is 0. The number of aromatic nitrogens is 5. The van der Waals surface area contributed by atoms with Crippen LogP contribution in [0.15, 0.2) is 24.5 Å². The predicted octanol–water partition coefficient (Wildman–Crippen LogP) is 2.04. The average Bonchev–Trinajstić information content (AvgIpc) is 3.59. The van der Waals surface area contributed by atoms with Gasteiger partial charge in [-0.2, -0.15) is 5.10 Å². The number of aryl methyl sites for hydroxylation is 1. The van der Waals surface area contributed by atoms with Gasteiger partial charge in [-0.05, 0) is 25.8 Å². The van der Waals surface area contributed by atoms with Gasteiger partial charge in [0.15, 0.2) is 23.1 Å². The molecule has 166 valence electrons. The third-order valence-electron chi connectivity index (χ3n) is 5.21. The number of hydrogen-bond donors (Lipinski definition) is 3. The zero-order valence-electron chi connectivity index (χ0n) is 20.8. The van der Waals surface area contributed by atoms with E-state index in [4.69, 9.17) is 8.85 Å². The molecule has 0 spiro atoms. The molecular weight excluding hydrogens is 412 g/mol. The Hall–Kier alpha value is -4.02. The highest BCUT2D eigenvalue weighted by molar-refractivity contribution is 5.99. The highest BCUT2D eigenvalue weighted by atomic mass is 16.5. The van der Waals surface area contributed by atoms with Crippen LogP contribution >= 0.6 is 0 Å². The highest BCUT2D eigenvalue weighted by Crippen LogP contribution is 2.38. The van der Waals surface area contributed by atoms with Gasteiger partial charge in [0, 0.05) is 53.1 Å². The van der Waals surface area contributed by atoms with Gasteiger partial charge in [-0.25, -0.2) is 4.98 Å². The van der Waals surface area contributed by atoms with E-state index < -0.39 is 12.9 Å². The van der Waals surface area contributed by atoms with Crippen LogP contribution in [0.25, 0.3) is 11.1 Å². The minimum atomic E-state index is -2.73. The monoisotopic (exact) mass is 439 g/mol. The lowest BCUT2D eigenvalue weighted by Crippen LogP contribution is -2.22. The number of anilines is 3. The molecule has 3 aromatic rings. The summed E-state index contributed by atoms with van der Waals surface area (Å²) in [5, 5.41) is 19.6. The van der Waals surface area contributed by atoms with Gasteiger partial charge in [0.2, 0.25) is 5.91 Å². The summed E-state index contributed by atoms with van der Waals surface area (Å²) in [5.41, 5.74) is 2.21. The predicted molar refractivity (Wildman–Crippen MR) is 118 cm³/mol. The van der Waals surface area contributed by atoms with E-state index in [0.717, 1.165) is 24.1 Å². The average molecular weight is 439 g/mol. The first-order valence-electron chi connectivity index (χ1n) is 11.4. The van der Waals surface area contributed by atoms with Gasteiger partial charge in [-0.15, -0.1) is 10.2 Å². The fraction of sp³-hybridized carbons (Fsp3) is 0.333. The van der Waals surface area contributed by atoms with Crippen molar-refractivity contribution in [1.82, 2.24) is 30.3 Å². The normalized spacial score (nSPS) is 14.7. The first-order chi connectivity index (χ1) is 16.6. The summed E-state index contributed by atoms with van der Waals surface area (Å²) in [4.78, 5) is 29.2. The van der Waals surface area contributed by atoms with Crippen molar-refractivity contribution in [2.75, 3.05) is 24.7 Å². The fourth-order valence-electron chi connectivity index (χ4n) is 3.20. The molecule has 3 N–H and O–H groups in total. The Kier molecular flexibility index (Phi) is 4.75. The maximum absolute atomic E-state index is 12.6. The number of pyridine rings is 1. The molecule has 1 fully saturated rings. The molecule has 0 unspecified atom stereocenters. The number of nitrogens with one attached hydrogen (secondary N) is 3. The Morgan fingerprint density at radius 1 is 1.28 bits per heavy atom. The van der Waals surface area contributed by atoms with Gasteiger partial charge in [0.05, 0.1) is 19.0 Å². The smallest absolute Gasteiger partial charge is 0.273 e. The van der Waals surface area contributed by atoms with Crippen LogP contribution in [0.2, 0.25) is 0 Å². The van der Waals surface area contributed by atoms with Crippen molar-refractivity contribution in [3.05, 3.63) is 35.9 Å². The zero-order chi connectivity index (χ0) is 25.3. The standard InChI is InChI=1S/C21H24N8O3/c1-11-14(10-24-29(11)3)13-7-8-23-19(18(13)32-4)25-15-9-16(26-20(30)12-5-6-12)27-28-17(15)21(31)22-2/h7-10,12H,5-6H2,1-4H3,(H,22,31)(H2,23,25,26,27,30)/i2D3. The number of ether oxygens (including phenoxy) is 1. The van der Waals surface area contributed by atoms with E-state index in [0.29, 0.717) is 11.3 Å². The van der Waals surface area contributed by atoms with E-state index in [1.54, 1.807) is 23.1 Å². The van der Waals surface area contributed by atoms with Crippen molar-refractivity contribution < 1.29 is 18.4 Å². The van der Waals surface area contributed by atoms with E-state index in [-0.39, 0.29) is 34.8 Å². The molecular formula is C21H24N8O3. The topological polar surface area (TPSA) is 136 Å². The maximum Gasteiger partial charge on any atom is 0.273 e. The van der Waals surface area contributed by atoms with Crippen LogP contribution in [-0.4, -0.2) is 50.9 Å². The summed E-state index contributed by atoms with van der Waals surface area (Å²) in [5.74, 6) is -0.538. The minimum absolute atomic E-state index is 0.0760. The first-order valence-corrected chi connectivity index (χ1v) is 9.87. The van der Waals surface area contributed by atoms with Crippen LogP contribution in [-0.2, 0) is 11.8 Å². The number of carbonyl (C=O) groups excluding carboxylic acids is 2. The van der Waals surface area contributed by atoms with Gasteiger partial charge >= 0.3 is 0 Å². The largest absolute Gasteiger partial charge is 0.492 e. The van der Waals surface area contributed by atoms with Crippen molar-refractivity contribution in [2.24, 2.45) is 13.0 Å². The third kappa shape index (κ3) is 4.09. The zero-order valence-corrected chi connectivity index (χ0v) is 17.8.